The molecule has 2 aromatic heterocycles. The van der Waals surface area contributed by atoms with E-state index >= 15 is 0 Å². The standard InChI is InChI=1S/C25H22N2O3/c1-17-22(25(29)26-16-18-11-13-20(30-2)14-12-18)21-10-6-7-15-27(21)23(17)24(28)19-8-4-3-5-9-19/h3-15H,16H2,1-2H3,(H,26,29). The number of fused-ring (bicyclic) bond motifs is 1. The number of benzene rings is 2. The zero-order chi connectivity index (χ0) is 21.1. The minimum Gasteiger partial charge on any atom is -0.497 e. The van der Waals surface area contributed by atoms with Gasteiger partial charge >= 0.3 is 0 Å². The Hall–Kier alpha value is -3.86. The van der Waals surface area contributed by atoms with Crippen LogP contribution in [0, 0.1) is 6.92 Å². The molecule has 0 radical (unpaired) electrons. The molecular formula is C25H22N2O3. The van der Waals surface area contributed by atoms with Gasteiger partial charge in [-0.25, -0.2) is 0 Å². The zero-order valence-electron chi connectivity index (χ0n) is 16.9. The monoisotopic (exact) mass is 398 g/mol. The van der Waals surface area contributed by atoms with E-state index in [1.54, 1.807) is 23.6 Å². The van der Waals surface area contributed by atoms with Gasteiger partial charge in [-0.15, -0.1) is 0 Å². The normalized spacial score (nSPS) is 10.7. The highest BCUT2D eigenvalue weighted by molar-refractivity contribution is 6.13. The van der Waals surface area contributed by atoms with Crippen molar-refractivity contribution >= 4 is 17.2 Å². The summed E-state index contributed by atoms with van der Waals surface area (Å²) in [7, 11) is 1.62. The summed E-state index contributed by atoms with van der Waals surface area (Å²) in [6.07, 6.45) is 1.82. The molecule has 30 heavy (non-hydrogen) atoms. The van der Waals surface area contributed by atoms with Crippen molar-refractivity contribution in [3.05, 3.63) is 107 Å². The van der Waals surface area contributed by atoms with E-state index in [1.165, 1.54) is 0 Å². The maximum absolute atomic E-state index is 13.2. The maximum Gasteiger partial charge on any atom is 0.254 e. The largest absolute Gasteiger partial charge is 0.497 e. The van der Waals surface area contributed by atoms with E-state index in [0.29, 0.717) is 34.4 Å². The lowest BCUT2D eigenvalue weighted by atomic mass is 10.0. The van der Waals surface area contributed by atoms with Gasteiger partial charge in [0.2, 0.25) is 5.78 Å². The van der Waals surface area contributed by atoms with Crippen molar-refractivity contribution in [3.63, 3.8) is 0 Å². The van der Waals surface area contributed by atoms with Crippen molar-refractivity contribution < 1.29 is 14.3 Å². The number of ketones is 1. The first-order valence-electron chi connectivity index (χ1n) is 9.70. The number of carbonyl (C=O) groups is 2. The van der Waals surface area contributed by atoms with Crippen LogP contribution in [0.15, 0.2) is 79.0 Å². The van der Waals surface area contributed by atoms with Crippen LogP contribution >= 0.6 is 0 Å². The molecule has 0 saturated carbocycles. The van der Waals surface area contributed by atoms with Crippen molar-refractivity contribution in [2.24, 2.45) is 0 Å². The lowest BCUT2D eigenvalue weighted by molar-refractivity contribution is 0.0952. The van der Waals surface area contributed by atoms with E-state index in [-0.39, 0.29) is 11.7 Å². The summed E-state index contributed by atoms with van der Waals surface area (Å²) in [5.74, 6) is 0.450. The summed E-state index contributed by atoms with van der Waals surface area (Å²) in [6.45, 7) is 2.21. The molecule has 0 fully saturated rings. The third-order valence-corrected chi connectivity index (χ3v) is 5.18. The number of nitrogens with one attached hydrogen (secondary N) is 1. The highest BCUT2D eigenvalue weighted by Gasteiger charge is 2.24. The molecular weight excluding hydrogens is 376 g/mol. The van der Waals surface area contributed by atoms with E-state index in [9.17, 15) is 9.59 Å². The highest BCUT2D eigenvalue weighted by Crippen LogP contribution is 2.25. The van der Waals surface area contributed by atoms with Crippen molar-refractivity contribution in [1.29, 1.82) is 0 Å². The Morgan fingerprint density at radius 1 is 0.933 bits per heavy atom. The van der Waals surface area contributed by atoms with E-state index in [1.807, 2.05) is 73.8 Å². The van der Waals surface area contributed by atoms with Gasteiger partial charge < -0.3 is 14.5 Å². The third kappa shape index (κ3) is 3.57. The summed E-state index contributed by atoms with van der Waals surface area (Å²) >= 11 is 0. The second-order valence-electron chi connectivity index (χ2n) is 7.03. The lowest BCUT2D eigenvalue weighted by Crippen LogP contribution is -2.23. The van der Waals surface area contributed by atoms with Gasteiger partial charge in [-0.05, 0) is 42.3 Å². The second kappa shape index (κ2) is 8.25. The first-order valence-corrected chi connectivity index (χ1v) is 9.70. The molecule has 0 aliphatic rings. The van der Waals surface area contributed by atoms with Crippen molar-refractivity contribution in [2.45, 2.75) is 13.5 Å². The molecule has 4 aromatic rings. The molecule has 0 spiro atoms. The molecule has 0 bridgehead atoms. The van der Waals surface area contributed by atoms with Crippen LogP contribution in [0.25, 0.3) is 5.52 Å². The molecule has 2 aromatic carbocycles. The second-order valence-corrected chi connectivity index (χ2v) is 7.03. The number of hydrogen-bond donors (Lipinski definition) is 1. The Morgan fingerprint density at radius 2 is 1.63 bits per heavy atom. The maximum atomic E-state index is 13.2. The van der Waals surface area contributed by atoms with Gasteiger partial charge in [-0.1, -0.05) is 48.5 Å². The summed E-state index contributed by atoms with van der Waals surface area (Å²) in [5.41, 5.74) is 3.96. The quantitative estimate of drug-likeness (QED) is 0.489. The summed E-state index contributed by atoms with van der Waals surface area (Å²) in [5, 5.41) is 2.97. The van der Waals surface area contributed by atoms with Gasteiger partial charge in [-0.2, -0.15) is 0 Å². The minimum absolute atomic E-state index is 0.108. The Kier molecular flexibility index (Phi) is 5.35. The molecule has 2 heterocycles. The average molecular weight is 398 g/mol. The van der Waals surface area contributed by atoms with Crippen molar-refractivity contribution in [2.75, 3.05) is 7.11 Å². The Bertz CT molecular complexity index is 1210. The number of ether oxygens (including phenoxy) is 1. The SMILES string of the molecule is COc1ccc(CNC(=O)c2c(C)c(C(=O)c3ccccc3)n3ccccc23)cc1. The van der Waals surface area contributed by atoms with Crippen LogP contribution in [0.2, 0.25) is 0 Å². The molecule has 0 aliphatic heterocycles. The van der Waals surface area contributed by atoms with Crippen LogP contribution in [-0.4, -0.2) is 23.2 Å². The van der Waals surface area contributed by atoms with Crippen molar-refractivity contribution in [1.82, 2.24) is 9.72 Å². The molecule has 150 valence electrons. The molecule has 0 unspecified atom stereocenters. The Labute approximate surface area is 174 Å². The van der Waals surface area contributed by atoms with E-state index in [4.69, 9.17) is 4.74 Å². The van der Waals surface area contributed by atoms with Gasteiger partial charge in [0.1, 0.15) is 5.75 Å². The number of hydrogen-bond acceptors (Lipinski definition) is 3. The summed E-state index contributed by atoms with van der Waals surface area (Å²) in [4.78, 5) is 26.3. The summed E-state index contributed by atoms with van der Waals surface area (Å²) in [6, 6.07) is 22.2. The van der Waals surface area contributed by atoms with Crippen LogP contribution in [-0.2, 0) is 6.54 Å². The molecule has 5 nitrogen and oxygen atoms in total. The molecule has 1 amide bonds. The van der Waals surface area contributed by atoms with Gasteiger partial charge in [0.15, 0.2) is 0 Å². The van der Waals surface area contributed by atoms with Gasteiger partial charge in [0, 0.05) is 18.3 Å². The van der Waals surface area contributed by atoms with Crippen LogP contribution in [0.1, 0.15) is 37.5 Å². The number of carbonyl (C=O) groups excluding carboxylic acids is 2. The molecule has 0 saturated heterocycles. The number of pyridine rings is 1. The fraction of sp³-hybridized carbons (Fsp3) is 0.120. The molecule has 1 N–H and O–H groups in total. The Morgan fingerprint density at radius 3 is 2.33 bits per heavy atom. The number of amides is 1. The molecule has 0 aliphatic carbocycles. The van der Waals surface area contributed by atoms with Crippen LogP contribution in [0.5, 0.6) is 5.75 Å². The molecule has 4 rings (SSSR count). The molecule has 5 heteroatoms. The molecule has 0 atom stereocenters. The number of rotatable bonds is 6. The zero-order valence-corrected chi connectivity index (χ0v) is 16.9. The first-order chi connectivity index (χ1) is 14.6. The van der Waals surface area contributed by atoms with Crippen LogP contribution < -0.4 is 10.1 Å². The van der Waals surface area contributed by atoms with Gasteiger partial charge in [0.25, 0.3) is 5.91 Å². The fourth-order valence-corrected chi connectivity index (χ4v) is 3.64. The van der Waals surface area contributed by atoms with Crippen molar-refractivity contribution in [3.8, 4) is 5.75 Å². The van der Waals surface area contributed by atoms with E-state index in [0.717, 1.165) is 11.3 Å². The van der Waals surface area contributed by atoms with Gasteiger partial charge in [-0.3, -0.25) is 9.59 Å². The fourth-order valence-electron chi connectivity index (χ4n) is 3.64. The smallest absolute Gasteiger partial charge is 0.254 e. The number of methoxy groups -OCH3 is 1. The topological polar surface area (TPSA) is 59.8 Å². The average Bonchev–Trinajstić information content (AvgIpc) is 3.09. The third-order valence-electron chi connectivity index (χ3n) is 5.18. The first kappa shape index (κ1) is 19.5. The summed E-state index contributed by atoms with van der Waals surface area (Å²) < 4.78 is 6.97. The highest BCUT2D eigenvalue weighted by atomic mass is 16.5. The van der Waals surface area contributed by atoms with E-state index in [2.05, 4.69) is 5.32 Å². The predicted molar refractivity (Wildman–Crippen MR) is 116 cm³/mol. The minimum atomic E-state index is -0.209. The van der Waals surface area contributed by atoms with Crippen LogP contribution in [0.3, 0.4) is 0 Å². The van der Waals surface area contributed by atoms with Crippen LogP contribution in [0.4, 0.5) is 0 Å². The van der Waals surface area contributed by atoms with Gasteiger partial charge in [0.05, 0.1) is 23.9 Å². The lowest BCUT2D eigenvalue weighted by Gasteiger charge is -2.07. The number of nitrogens with zero attached hydrogens (tertiary/aromatic N) is 1. The Balaban J connectivity index is 1.67. The number of aromatic nitrogens is 1. The predicted octanol–water partition coefficient (Wildman–Crippen LogP) is 4.42. The van der Waals surface area contributed by atoms with E-state index < -0.39 is 0 Å².